The molecule has 0 aromatic carbocycles. The van der Waals surface area contributed by atoms with Crippen molar-refractivity contribution in [1.82, 2.24) is 10.3 Å². The van der Waals surface area contributed by atoms with Crippen LogP contribution in [-0.4, -0.2) is 36.3 Å². The molecule has 0 radical (unpaired) electrons. The third kappa shape index (κ3) is 2.51. The van der Waals surface area contributed by atoms with Gasteiger partial charge in [-0.25, -0.2) is 0 Å². The van der Waals surface area contributed by atoms with Crippen molar-refractivity contribution in [3.05, 3.63) is 24.0 Å². The summed E-state index contributed by atoms with van der Waals surface area (Å²) in [7, 11) is 0. The van der Waals surface area contributed by atoms with Crippen molar-refractivity contribution in [2.24, 2.45) is 0 Å². The second-order valence-electron chi connectivity index (χ2n) is 4.10. The number of aliphatic hydroxyl groups excluding tert-OH is 1. The van der Waals surface area contributed by atoms with E-state index in [1.807, 2.05) is 25.3 Å². The summed E-state index contributed by atoms with van der Waals surface area (Å²) in [5.74, 6) is 0. The predicted octanol–water partition coefficient (Wildman–Crippen LogP) is 0.935. The van der Waals surface area contributed by atoms with Crippen LogP contribution in [0.2, 0.25) is 0 Å². The monoisotopic (exact) mass is 221 g/mol. The number of rotatable bonds is 3. The fourth-order valence-corrected chi connectivity index (χ4v) is 1.91. The van der Waals surface area contributed by atoms with E-state index in [-0.39, 0.29) is 0 Å². The zero-order valence-corrected chi connectivity index (χ0v) is 9.69. The minimum atomic E-state index is -0.433. The molecule has 1 aromatic rings. The Bertz CT molecular complexity index is 320. The summed E-state index contributed by atoms with van der Waals surface area (Å²) in [5.41, 5.74) is 1.91. The van der Waals surface area contributed by atoms with Crippen molar-refractivity contribution in [1.29, 1.82) is 0 Å². The van der Waals surface area contributed by atoms with E-state index in [1.54, 1.807) is 0 Å². The number of nitrogens with one attached hydrogen (secondary N) is 1. The molecule has 1 aliphatic rings. The van der Waals surface area contributed by atoms with Gasteiger partial charge in [0.15, 0.2) is 0 Å². The first-order valence-electron chi connectivity index (χ1n) is 5.91. The van der Waals surface area contributed by atoms with Gasteiger partial charge in [-0.05, 0) is 18.6 Å². The van der Waals surface area contributed by atoms with Gasteiger partial charge >= 0.3 is 0 Å². The molecular formula is C12H19N3O. The van der Waals surface area contributed by atoms with Crippen LogP contribution in [0.4, 0.5) is 5.69 Å². The van der Waals surface area contributed by atoms with Crippen molar-refractivity contribution in [3.8, 4) is 0 Å². The van der Waals surface area contributed by atoms with Gasteiger partial charge in [0.2, 0.25) is 0 Å². The van der Waals surface area contributed by atoms with Crippen LogP contribution in [0.3, 0.4) is 0 Å². The van der Waals surface area contributed by atoms with Gasteiger partial charge in [0, 0.05) is 26.2 Å². The molecule has 0 saturated carbocycles. The van der Waals surface area contributed by atoms with E-state index in [0.29, 0.717) is 6.42 Å². The number of hydrogen-bond donors (Lipinski definition) is 2. The van der Waals surface area contributed by atoms with E-state index in [1.165, 1.54) is 0 Å². The van der Waals surface area contributed by atoms with E-state index in [2.05, 4.69) is 15.2 Å². The number of nitrogens with zero attached hydrogens (tertiary/aromatic N) is 2. The summed E-state index contributed by atoms with van der Waals surface area (Å²) in [5, 5.41) is 13.0. The van der Waals surface area contributed by atoms with Crippen LogP contribution in [0.25, 0.3) is 0 Å². The molecule has 1 saturated heterocycles. The first-order chi connectivity index (χ1) is 7.81. The standard InChI is InChI=1S/C12H19N3O/c1-2-12(16)11-4-3-10(9-14-11)15-7-5-13-6-8-15/h3-4,9,12-13,16H,2,5-8H2,1H3/t12-/m1/s1. The molecule has 4 nitrogen and oxygen atoms in total. The zero-order chi connectivity index (χ0) is 11.4. The Morgan fingerprint density at radius 3 is 2.75 bits per heavy atom. The lowest BCUT2D eigenvalue weighted by Crippen LogP contribution is -2.43. The fourth-order valence-electron chi connectivity index (χ4n) is 1.91. The molecular weight excluding hydrogens is 202 g/mol. The molecule has 0 spiro atoms. The first kappa shape index (κ1) is 11.4. The van der Waals surface area contributed by atoms with Crippen LogP contribution in [0.15, 0.2) is 18.3 Å². The second kappa shape index (κ2) is 5.27. The molecule has 2 N–H and O–H groups in total. The van der Waals surface area contributed by atoms with Gasteiger partial charge in [0.25, 0.3) is 0 Å². The number of aromatic nitrogens is 1. The van der Waals surface area contributed by atoms with Gasteiger partial charge in [-0.3, -0.25) is 4.98 Å². The van der Waals surface area contributed by atoms with Crippen molar-refractivity contribution in [2.75, 3.05) is 31.1 Å². The molecule has 2 rings (SSSR count). The topological polar surface area (TPSA) is 48.4 Å². The third-order valence-electron chi connectivity index (χ3n) is 2.98. The summed E-state index contributed by atoms with van der Waals surface area (Å²) in [4.78, 5) is 6.62. The Labute approximate surface area is 96.3 Å². The second-order valence-corrected chi connectivity index (χ2v) is 4.10. The lowest BCUT2D eigenvalue weighted by molar-refractivity contribution is 0.169. The Kier molecular flexibility index (Phi) is 3.74. The van der Waals surface area contributed by atoms with Crippen molar-refractivity contribution in [3.63, 3.8) is 0 Å². The summed E-state index contributed by atoms with van der Waals surface area (Å²) < 4.78 is 0. The largest absolute Gasteiger partial charge is 0.387 e. The maximum absolute atomic E-state index is 9.64. The lowest BCUT2D eigenvalue weighted by atomic mass is 10.2. The molecule has 0 amide bonds. The van der Waals surface area contributed by atoms with Gasteiger partial charge in [-0.1, -0.05) is 6.92 Å². The van der Waals surface area contributed by atoms with Gasteiger partial charge in [0.05, 0.1) is 23.7 Å². The fraction of sp³-hybridized carbons (Fsp3) is 0.583. The Balaban J connectivity index is 2.06. The van der Waals surface area contributed by atoms with E-state index in [9.17, 15) is 5.11 Å². The number of hydrogen-bond acceptors (Lipinski definition) is 4. The highest BCUT2D eigenvalue weighted by molar-refractivity contribution is 5.45. The number of piperazine rings is 1. The van der Waals surface area contributed by atoms with E-state index in [0.717, 1.165) is 37.6 Å². The van der Waals surface area contributed by atoms with E-state index >= 15 is 0 Å². The molecule has 1 aromatic heterocycles. The highest BCUT2D eigenvalue weighted by Crippen LogP contribution is 2.18. The maximum atomic E-state index is 9.64. The van der Waals surface area contributed by atoms with Crippen LogP contribution < -0.4 is 10.2 Å². The Hall–Kier alpha value is -1.13. The van der Waals surface area contributed by atoms with E-state index < -0.39 is 6.10 Å². The molecule has 1 fully saturated rings. The molecule has 1 aliphatic heterocycles. The quantitative estimate of drug-likeness (QED) is 0.797. The number of pyridine rings is 1. The predicted molar refractivity (Wildman–Crippen MR) is 64.6 cm³/mol. The van der Waals surface area contributed by atoms with Crippen LogP contribution in [-0.2, 0) is 0 Å². The van der Waals surface area contributed by atoms with Gasteiger partial charge in [-0.15, -0.1) is 0 Å². The van der Waals surface area contributed by atoms with Crippen LogP contribution >= 0.6 is 0 Å². The van der Waals surface area contributed by atoms with Crippen LogP contribution in [0.5, 0.6) is 0 Å². The molecule has 4 heteroatoms. The molecule has 16 heavy (non-hydrogen) atoms. The molecule has 1 atom stereocenters. The third-order valence-corrected chi connectivity index (χ3v) is 2.98. The Morgan fingerprint density at radius 2 is 2.19 bits per heavy atom. The summed E-state index contributed by atoms with van der Waals surface area (Å²) >= 11 is 0. The SMILES string of the molecule is CC[C@@H](O)c1ccc(N2CCNCC2)cn1. The minimum Gasteiger partial charge on any atom is -0.387 e. The van der Waals surface area contributed by atoms with Crippen molar-refractivity contribution < 1.29 is 5.11 Å². The molecule has 0 aliphatic carbocycles. The average Bonchev–Trinajstić information content (AvgIpc) is 2.39. The summed E-state index contributed by atoms with van der Waals surface area (Å²) in [6.45, 7) is 6.06. The highest BCUT2D eigenvalue weighted by atomic mass is 16.3. The Morgan fingerprint density at radius 1 is 1.44 bits per heavy atom. The maximum Gasteiger partial charge on any atom is 0.0957 e. The smallest absolute Gasteiger partial charge is 0.0957 e. The molecule has 0 unspecified atom stereocenters. The molecule has 0 bridgehead atoms. The summed E-state index contributed by atoms with van der Waals surface area (Å²) in [6.07, 6.45) is 2.14. The summed E-state index contributed by atoms with van der Waals surface area (Å²) in [6, 6.07) is 3.97. The van der Waals surface area contributed by atoms with Crippen LogP contribution in [0, 0.1) is 0 Å². The minimum absolute atomic E-state index is 0.433. The zero-order valence-electron chi connectivity index (χ0n) is 9.69. The van der Waals surface area contributed by atoms with Crippen molar-refractivity contribution in [2.45, 2.75) is 19.4 Å². The van der Waals surface area contributed by atoms with Crippen molar-refractivity contribution >= 4 is 5.69 Å². The van der Waals surface area contributed by atoms with E-state index in [4.69, 9.17) is 0 Å². The lowest BCUT2D eigenvalue weighted by Gasteiger charge is -2.29. The molecule has 2 heterocycles. The first-order valence-corrected chi connectivity index (χ1v) is 5.91. The molecule has 88 valence electrons. The highest BCUT2D eigenvalue weighted by Gasteiger charge is 2.11. The van der Waals surface area contributed by atoms with Gasteiger partial charge in [0.1, 0.15) is 0 Å². The average molecular weight is 221 g/mol. The number of anilines is 1. The van der Waals surface area contributed by atoms with Crippen LogP contribution in [0.1, 0.15) is 25.1 Å². The number of aliphatic hydroxyl groups is 1. The van der Waals surface area contributed by atoms with Gasteiger partial charge in [-0.2, -0.15) is 0 Å². The van der Waals surface area contributed by atoms with Gasteiger partial charge < -0.3 is 15.3 Å². The normalized spacial score (nSPS) is 18.5.